The van der Waals surface area contributed by atoms with Crippen molar-refractivity contribution in [2.24, 2.45) is 0 Å². The minimum Gasteiger partial charge on any atom is -0.476 e. The van der Waals surface area contributed by atoms with Gasteiger partial charge in [0, 0.05) is 30.9 Å². The highest BCUT2D eigenvalue weighted by atomic mass is 16.6. The third kappa shape index (κ3) is 6.24. The predicted molar refractivity (Wildman–Crippen MR) is 151 cm³/mol. The van der Waals surface area contributed by atoms with Crippen molar-refractivity contribution in [2.45, 2.75) is 65.0 Å². The second kappa shape index (κ2) is 11.8. The van der Waals surface area contributed by atoms with Crippen LogP contribution in [-0.4, -0.2) is 61.8 Å². The van der Waals surface area contributed by atoms with Gasteiger partial charge < -0.3 is 20.6 Å². The van der Waals surface area contributed by atoms with Crippen molar-refractivity contribution >= 4 is 23.8 Å². The molecule has 0 unspecified atom stereocenters. The Morgan fingerprint density at radius 3 is 2.48 bits per heavy atom. The molecule has 0 radical (unpaired) electrons. The van der Waals surface area contributed by atoms with E-state index in [1.54, 1.807) is 42.4 Å². The summed E-state index contributed by atoms with van der Waals surface area (Å²) in [6.07, 6.45) is 4.30. The average Bonchev–Trinajstić information content (AvgIpc) is 3.32. The monoisotopic (exact) mass is 548 g/mol. The van der Waals surface area contributed by atoms with Gasteiger partial charge in [0.15, 0.2) is 11.5 Å². The van der Waals surface area contributed by atoms with E-state index in [2.05, 4.69) is 15.7 Å². The van der Waals surface area contributed by atoms with Crippen LogP contribution in [0, 0.1) is 0 Å². The normalized spacial score (nSPS) is 15.4. The van der Waals surface area contributed by atoms with Crippen molar-refractivity contribution in [1.82, 2.24) is 19.5 Å². The van der Waals surface area contributed by atoms with E-state index in [-0.39, 0.29) is 17.3 Å². The molecule has 1 aromatic carbocycles. The third-order valence-electron chi connectivity index (χ3n) is 6.65. The molecule has 1 atom stereocenters. The third-order valence-corrected chi connectivity index (χ3v) is 6.65. The Morgan fingerprint density at radius 1 is 1.12 bits per heavy atom. The minimum absolute atomic E-state index is 0.0648. The number of amides is 2. The molecule has 1 fully saturated rings. The van der Waals surface area contributed by atoms with Gasteiger partial charge in [0.05, 0.1) is 6.04 Å². The van der Waals surface area contributed by atoms with Gasteiger partial charge in [0.25, 0.3) is 5.91 Å². The number of aromatic carboxylic acids is 1. The maximum Gasteiger partial charge on any atom is 0.410 e. The first kappa shape index (κ1) is 28.6. The van der Waals surface area contributed by atoms with Crippen LogP contribution < -0.4 is 10.7 Å². The molecular weight excluding hydrogens is 512 g/mol. The number of carbonyl (C=O) groups excluding carboxylic acids is 2. The van der Waals surface area contributed by atoms with E-state index in [0.29, 0.717) is 35.7 Å². The number of nitrogens with one attached hydrogen (secondary N) is 2. The molecule has 0 aliphatic carbocycles. The molecule has 2 amide bonds. The van der Waals surface area contributed by atoms with Gasteiger partial charge in [-0.25, -0.2) is 24.2 Å². The van der Waals surface area contributed by atoms with Gasteiger partial charge in [-0.2, -0.15) is 0 Å². The summed E-state index contributed by atoms with van der Waals surface area (Å²) in [7, 11) is 1.61. The number of carboxylic acid groups (broad SMARTS) is 1. The summed E-state index contributed by atoms with van der Waals surface area (Å²) < 4.78 is 7.05. The Balaban J connectivity index is 1.66. The largest absolute Gasteiger partial charge is 0.476 e. The predicted octanol–water partition coefficient (Wildman–Crippen LogP) is 5.09. The number of imidazole rings is 1. The van der Waals surface area contributed by atoms with Crippen LogP contribution in [-0.2, 0) is 11.2 Å². The van der Waals surface area contributed by atoms with Gasteiger partial charge in [-0.3, -0.25) is 9.69 Å². The molecule has 3 aromatic rings. The summed E-state index contributed by atoms with van der Waals surface area (Å²) in [5, 5.41) is 12.9. The molecule has 1 aliphatic rings. The van der Waals surface area contributed by atoms with Crippen LogP contribution in [0.3, 0.4) is 0 Å². The van der Waals surface area contributed by atoms with Crippen molar-refractivity contribution in [3.05, 3.63) is 65.2 Å². The standard InChI is InChI=1S/C29H36N6O5/c1-6-18-14-15-31-22(17-18)32-26(36)20-12-10-19(11-13-20)23-24(27(37)38)35(30-5)25(33-23)21-9-7-8-16-34(21)28(39)40-29(2,3)4/h10-15,17,21,30H,6-9,16H2,1-5H3,(H,37,38)(H,31,32,36)/t21-/m0/s1. The molecule has 212 valence electrons. The Kier molecular flexibility index (Phi) is 8.41. The first-order valence-electron chi connectivity index (χ1n) is 13.4. The van der Waals surface area contributed by atoms with Crippen LogP contribution in [0.15, 0.2) is 42.6 Å². The van der Waals surface area contributed by atoms with Crippen LogP contribution >= 0.6 is 0 Å². The Labute approximate surface area is 233 Å². The van der Waals surface area contributed by atoms with E-state index >= 15 is 0 Å². The number of aromatic nitrogens is 3. The van der Waals surface area contributed by atoms with Crippen LogP contribution in [0.2, 0.25) is 0 Å². The fourth-order valence-corrected chi connectivity index (χ4v) is 4.76. The Morgan fingerprint density at radius 2 is 1.85 bits per heavy atom. The summed E-state index contributed by atoms with van der Waals surface area (Å²) in [5.74, 6) is -0.640. The van der Waals surface area contributed by atoms with Gasteiger partial charge in [0.2, 0.25) is 0 Å². The number of anilines is 1. The number of aryl methyl sites for hydroxylation is 1. The van der Waals surface area contributed by atoms with E-state index in [1.807, 2.05) is 39.8 Å². The molecule has 2 aromatic heterocycles. The van der Waals surface area contributed by atoms with E-state index in [4.69, 9.17) is 9.72 Å². The number of hydrogen-bond acceptors (Lipinski definition) is 7. The first-order chi connectivity index (χ1) is 19.0. The van der Waals surface area contributed by atoms with Crippen molar-refractivity contribution in [3.63, 3.8) is 0 Å². The smallest absolute Gasteiger partial charge is 0.410 e. The molecule has 40 heavy (non-hydrogen) atoms. The number of nitrogens with zero attached hydrogens (tertiary/aromatic N) is 4. The maximum atomic E-state index is 13.0. The van der Waals surface area contributed by atoms with E-state index in [9.17, 15) is 19.5 Å². The maximum absolute atomic E-state index is 13.0. The van der Waals surface area contributed by atoms with Crippen molar-refractivity contribution in [2.75, 3.05) is 24.3 Å². The molecule has 11 heteroatoms. The summed E-state index contributed by atoms with van der Waals surface area (Å²) in [4.78, 5) is 48.9. The van der Waals surface area contributed by atoms with Crippen molar-refractivity contribution in [1.29, 1.82) is 0 Å². The summed E-state index contributed by atoms with van der Waals surface area (Å²) in [5.41, 5.74) is 4.40. The summed E-state index contributed by atoms with van der Waals surface area (Å²) >= 11 is 0. The van der Waals surface area contributed by atoms with Crippen LogP contribution in [0.4, 0.5) is 10.6 Å². The fourth-order valence-electron chi connectivity index (χ4n) is 4.76. The Bertz CT molecular complexity index is 1390. The van der Waals surface area contributed by atoms with E-state index in [1.165, 1.54) is 4.68 Å². The number of rotatable bonds is 7. The average molecular weight is 549 g/mol. The number of ether oxygens (including phenoxy) is 1. The quantitative estimate of drug-likeness (QED) is 0.371. The Hall–Kier alpha value is -4.41. The number of benzene rings is 1. The van der Waals surface area contributed by atoms with Gasteiger partial charge in [0.1, 0.15) is 17.1 Å². The molecule has 4 rings (SSSR count). The number of pyridine rings is 1. The topological polar surface area (TPSA) is 139 Å². The molecule has 0 saturated carbocycles. The number of piperidine rings is 1. The number of carboxylic acids is 1. The SMILES string of the molecule is CCc1ccnc(NC(=O)c2ccc(-c3nc([C@@H]4CCCCN4C(=O)OC(C)(C)C)n(NC)c3C(=O)O)cc2)c1. The van der Waals surface area contributed by atoms with Crippen LogP contribution in [0.5, 0.6) is 0 Å². The first-order valence-corrected chi connectivity index (χ1v) is 13.4. The lowest BCUT2D eigenvalue weighted by molar-refractivity contribution is 0.00817. The van der Waals surface area contributed by atoms with Gasteiger partial charge in [-0.15, -0.1) is 0 Å². The lowest BCUT2D eigenvalue weighted by atomic mass is 10.0. The summed E-state index contributed by atoms with van der Waals surface area (Å²) in [6, 6.07) is 9.80. The molecule has 0 spiro atoms. The lowest BCUT2D eigenvalue weighted by Crippen LogP contribution is -2.43. The van der Waals surface area contributed by atoms with Gasteiger partial charge >= 0.3 is 12.1 Å². The molecule has 11 nitrogen and oxygen atoms in total. The van der Waals surface area contributed by atoms with Crippen LogP contribution in [0.1, 0.15) is 85.2 Å². The van der Waals surface area contributed by atoms with Crippen molar-refractivity contribution < 1.29 is 24.2 Å². The molecule has 3 heterocycles. The minimum atomic E-state index is -1.17. The second-order valence-corrected chi connectivity index (χ2v) is 10.7. The van der Waals surface area contributed by atoms with Crippen LogP contribution in [0.25, 0.3) is 11.3 Å². The van der Waals surface area contributed by atoms with Gasteiger partial charge in [-0.05, 0) is 76.3 Å². The molecule has 3 N–H and O–H groups in total. The highest BCUT2D eigenvalue weighted by Gasteiger charge is 2.36. The van der Waals surface area contributed by atoms with E-state index < -0.39 is 23.7 Å². The number of hydrogen-bond donors (Lipinski definition) is 3. The lowest BCUT2D eigenvalue weighted by Gasteiger charge is -2.36. The zero-order valence-corrected chi connectivity index (χ0v) is 23.5. The summed E-state index contributed by atoms with van der Waals surface area (Å²) in [6.45, 7) is 7.92. The van der Waals surface area contributed by atoms with Gasteiger partial charge in [-0.1, -0.05) is 19.1 Å². The zero-order chi connectivity index (χ0) is 29.0. The molecule has 1 aliphatic heterocycles. The van der Waals surface area contributed by atoms with Crippen molar-refractivity contribution in [3.8, 4) is 11.3 Å². The molecule has 0 bridgehead atoms. The molecular formula is C29H36N6O5. The second-order valence-electron chi connectivity index (χ2n) is 10.7. The fraction of sp³-hybridized carbons (Fsp3) is 0.414. The number of likely N-dealkylation sites (tertiary alicyclic amines) is 1. The van der Waals surface area contributed by atoms with E-state index in [0.717, 1.165) is 24.8 Å². The zero-order valence-electron chi connectivity index (χ0n) is 23.5. The highest BCUT2D eigenvalue weighted by molar-refractivity contribution is 6.04. The molecule has 1 saturated heterocycles. The number of carbonyl (C=O) groups is 3. The highest BCUT2D eigenvalue weighted by Crippen LogP contribution is 2.35.